The molecule has 1 aromatic carbocycles. The summed E-state index contributed by atoms with van der Waals surface area (Å²) in [4.78, 5) is 15.8. The number of carbonyl (C=O) groups excluding carboxylic acids is 1. The molecule has 1 amide bonds. The van der Waals surface area contributed by atoms with Crippen LogP contribution in [-0.4, -0.2) is 25.6 Å². The Morgan fingerprint density at radius 3 is 2.95 bits per heavy atom. The zero-order chi connectivity index (χ0) is 15.4. The summed E-state index contributed by atoms with van der Waals surface area (Å²) >= 11 is 0. The first-order valence-electron chi connectivity index (χ1n) is 6.07. The fraction of sp³-hybridized carbons (Fsp3) is 0.417. The molecule has 0 N–H and O–H groups in total. The van der Waals surface area contributed by atoms with Crippen LogP contribution in [0.25, 0.3) is 10.4 Å². The van der Waals surface area contributed by atoms with E-state index in [9.17, 15) is 18.0 Å². The van der Waals surface area contributed by atoms with Crippen LogP contribution in [0.2, 0.25) is 0 Å². The molecule has 1 heterocycles. The van der Waals surface area contributed by atoms with E-state index in [1.54, 1.807) is 0 Å². The van der Waals surface area contributed by atoms with Crippen molar-refractivity contribution in [3.05, 3.63) is 34.5 Å². The molecule has 0 spiro atoms. The Morgan fingerprint density at radius 2 is 2.29 bits per heavy atom. The molecule has 112 valence electrons. The topological polar surface area (TPSA) is 78.3 Å². The first-order valence-corrected chi connectivity index (χ1v) is 6.07. The molecular weight excluding hydrogens is 289 g/mol. The lowest BCUT2D eigenvalue weighted by Crippen LogP contribution is -2.25. The summed E-state index contributed by atoms with van der Waals surface area (Å²) in [5.74, 6) is -1.67. The maximum absolute atomic E-state index is 13.1. The number of alkyl halides is 2. The maximum Gasteiger partial charge on any atom is 0.387 e. The zero-order valence-corrected chi connectivity index (χ0v) is 10.7. The monoisotopic (exact) mass is 300 g/mol. The lowest BCUT2D eigenvalue weighted by molar-refractivity contribution is -0.117. The Morgan fingerprint density at radius 1 is 1.52 bits per heavy atom. The highest BCUT2D eigenvalue weighted by atomic mass is 19.3. The lowest BCUT2D eigenvalue weighted by Gasteiger charge is -2.20. The third kappa shape index (κ3) is 3.57. The fourth-order valence-corrected chi connectivity index (χ4v) is 2.19. The second-order valence-electron chi connectivity index (χ2n) is 4.48. The number of azide groups is 1. The average molecular weight is 300 g/mol. The van der Waals surface area contributed by atoms with E-state index < -0.39 is 18.2 Å². The molecule has 1 saturated heterocycles. The van der Waals surface area contributed by atoms with Gasteiger partial charge in [-0.15, -0.1) is 0 Å². The first-order chi connectivity index (χ1) is 10.0. The molecule has 1 aliphatic heterocycles. The van der Waals surface area contributed by atoms with Gasteiger partial charge in [0.15, 0.2) is 5.75 Å². The van der Waals surface area contributed by atoms with Gasteiger partial charge in [0.25, 0.3) is 0 Å². The summed E-state index contributed by atoms with van der Waals surface area (Å²) < 4.78 is 42.1. The third-order valence-corrected chi connectivity index (χ3v) is 3.04. The van der Waals surface area contributed by atoms with E-state index in [1.807, 2.05) is 0 Å². The molecule has 6 nitrogen and oxygen atoms in total. The van der Waals surface area contributed by atoms with Crippen LogP contribution in [0.5, 0.6) is 5.75 Å². The largest absolute Gasteiger partial charge is 0.432 e. The molecule has 1 aromatic rings. The number of hydrogen-bond donors (Lipinski definition) is 0. The van der Waals surface area contributed by atoms with Crippen molar-refractivity contribution in [3.8, 4) is 5.75 Å². The molecule has 0 radical (unpaired) electrons. The standard InChI is InChI=1S/C12H11F3N4O2/c13-8-1-2-9(10(4-8)21-12(14)15)19-6-7(3-11(19)20)5-17-18-16/h1-2,4,7,12H,3,5-6H2. The van der Waals surface area contributed by atoms with Crippen LogP contribution in [0.3, 0.4) is 0 Å². The highest BCUT2D eigenvalue weighted by Crippen LogP contribution is 2.34. The Balaban J connectivity index is 2.25. The summed E-state index contributed by atoms with van der Waals surface area (Å²) in [6.07, 6.45) is 0.129. The van der Waals surface area contributed by atoms with Crippen molar-refractivity contribution in [3.63, 3.8) is 0 Å². The molecular formula is C12H11F3N4O2. The van der Waals surface area contributed by atoms with Crippen molar-refractivity contribution in [2.45, 2.75) is 13.0 Å². The van der Waals surface area contributed by atoms with E-state index in [2.05, 4.69) is 14.8 Å². The average Bonchev–Trinajstić information content (AvgIpc) is 2.77. The van der Waals surface area contributed by atoms with Gasteiger partial charge in [-0.05, 0) is 23.6 Å². The Bertz CT molecular complexity index is 590. The van der Waals surface area contributed by atoms with E-state index in [4.69, 9.17) is 5.53 Å². The fourth-order valence-electron chi connectivity index (χ4n) is 2.19. The Labute approximate surface area is 117 Å². The molecule has 21 heavy (non-hydrogen) atoms. The van der Waals surface area contributed by atoms with E-state index in [-0.39, 0.29) is 37.0 Å². The molecule has 2 rings (SSSR count). The number of nitrogens with zero attached hydrogens (tertiary/aromatic N) is 4. The highest BCUT2D eigenvalue weighted by molar-refractivity contribution is 5.97. The van der Waals surface area contributed by atoms with Gasteiger partial charge in [-0.25, -0.2) is 4.39 Å². The smallest absolute Gasteiger partial charge is 0.387 e. The molecule has 0 aliphatic carbocycles. The number of anilines is 1. The number of rotatable bonds is 5. The molecule has 9 heteroatoms. The maximum atomic E-state index is 13.1. The summed E-state index contributed by atoms with van der Waals surface area (Å²) in [5.41, 5.74) is 8.34. The van der Waals surface area contributed by atoms with Crippen molar-refractivity contribution in [1.82, 2.24) is 0 Å². The van der Waals surface area contributed by atoms with Gasteiger partial charge in [0.05, 0.1) is 5.69 Å². The summed E-state index contributed by atoms with van der Waals surface area (Å²) in [6, 6.07) is 3.07. The van der Waals surface area contributed by atoms with Crippen molar-refractivity contribution < 1.29 is 22.7 Å². The van der Waals surface area contributed by atoms with Gasteiger partial charge in [0.2, 0.25) is 5.91 Å². The minimum Gasteiger partial charge on any atom is -0.432 e. The number of carbonyl (C=O) groups is 1. The first kappa shape index (κ1) is 15.0. The SMILES string of the molecule is [N-]=[N+]=NCC1CC(=O)N(c2ccc(F)cc2OC(F)F)C1. The normalized spacial score (nSPS) is 18.0. The number of halogens is 3. The zero-order valence-electron chi connectivity index (χ0n) is 10.7. The van der Waals surface area contributed by atoms with Gasteiger partial charge >= 0.3 is 6.61 Å². The van der Waals surface area contributed by atoms with E-state index in [1.165, 1.54) is 11.0 Å². The second-order valence-corrected chi connectivity index (χ2v) is 4.48. The molecule has 1 aliphatic rings. The van der Waals surface area contributed by atoms with Crippen molar-refractivity contribution >= 4 is 11.6 Å². The van der Waals surface area contributed by atoms with Crippen LogP contribution in [0, 0.1) is 11.7 Å². The van der Waals surface area contributed by atoms with Crippen LogP contribution in [0.15, 0.2) is 23.3 Å². The predicted octanol–water partition coefficient (Wildman–Crippen LogP) is 3.09. The van der Waals surface area contributed by atoms with Crippen molar-refractivity contribution in [2.24, 2.45) is 11.0 Å². The molecule has 0 aromatic heterocycles. The Kier molecular flexibility index (Phi) is 4.54. The second kappa shape index (κ2) is 6.36. The van der Waals surface area contributed by atoms with Crippen LogP contribution < -0.4 is 9.64 Å². The summed E-state index contributed by atoms with van der Waals surface area (Å²) in [5, 5.41) is 3.39. The quantitative estimate of drug-likeness (QED) is 0.476. The van der Waals surface area contributed by atoms with Crippen LogP contribution in [0.1, 0.15) is 6.42 Å². The van der Waals surface area contributed by atoms with Crippen LogP contribution in [0.4, 0.5) is 18.9 Å². The molecule has 1 fully saturated rings. The van der Waals surface area contributed by atoms with Crippen LogP contribution in [-0.2, 0) is 4.79 Å². The molecule has 0 saturated carbocycles. The number of hydrogen-bond acceptors (Lipinski definition) is 3. The van der Waals surface area contributed by atoms with Gasteiger partial charge < -0.3 is 9.64 Å². The Hall–Kier alpha value is -2.41. The number of ether oxygens (including phenoxy) is 1. The van der Waals surface area contributed by atoms with Gasteiger partial charge in [0, 0.05) is 30.5 Å². The van der Waals surface area contributed by atoms with Crippen LogP contribution >= 0.6 is 0 Å². The molecule has 1 unspecified atom stereocenters. The predicted molar refractivity (Wildman–Crippen MR) is 67.5 cm³/mol. The van der Waals surface area contributed by atoms with Gasteiger partial charge in [-0.3, -0.25) is 4.79 Å². The van der Waals surface area contributed by atoms with Crippen molar-refractivity contribution in [1.29, 1.82) is 0 Å². The van der Waals surface area contributed by atoms with E-state index in [0.29, 0.717) is 0 Å². The molecule has 0 bridgehead atoms. The summed E-state index contributed by atoms with van der Waals surface area (Å²) in [6.45, 7) is -2.80. The van der Waals surface area contributed by atoms with Gasteiger partial charge in [-0.2, -0.15) is 8.78 Å². The molecule has 1 atom stereocenters. The van der Waals surface area contributed by atoms with Gasteiger partial charge in [-0.1, -0.05) is 5.11 Å². The third-order valence-electron chi connectivity index (χ3n) is 3.04. The minimum absolute atomic E-state index is 0.0742. The lowest BCUT2D eigenvalue weighted by atomic mass is 10.1. The van der Waals surface area contributed by atoms with E-state index in [0.717, 1.165) is 12.1 Å². The minimum atomic E-state index is -3.12. The number of amides is 1. The van der Waals surface area contributed by atoms with E-state index >= 15 is 0 Å². The van der Waals surface area contributed by atoms with Gasteiger partial charge in [0.1, 0.15) is 5.82 Å². The highest BCUT2D eigenvalue weighted by Gasteiger charge is 2.32. The number of benzene rings is 1. The summed E-state index contributed by atoms with van der Waals surface area (Å²) in [7, 11) is 0. The van der Waals surface area contributed by atoms with Crippen molar-refractivity contribution in [2.75, 3.05) is 18.0 Å².